The van der Waals surface area contributed by atoms with Crippen LogP contribution in [0.3, 0.4) is 0 Å². The topological polar surface area (TPSA) is 41.5 Å². The van der Waals surface area contributed by atoms with Crippen molar-refractivity contribution < 1.29 is 9.84 Å². The van der Waals surface area contributed by atoms with Gasteiger partial charge in [0.15, 0.2) is 0 Å². The highest BCUT2D eigenvalue weighted by molar-refractivity contribution is 5.34. The summed E-state index contributed by atoms with van der Waals surface area (Å²) in [5.74, 6) is 0.980. The molecule has 3 nitrogen and oxygen atoms in total. The van der Waals surface area contributed by atoms with Crippen molar-refractivity contribution in [3.05, 3.63) is 29.8 Å². The van der Waals surface area contributed by atoms with Gasteiger partial charge in [0.2, 0.25) is 0 Å². The number of piperidine rings is 1. The summed E-state index contributed by atoms with van der Waals surface area (Å²) in [5, 5.41) is 13.3. The summed E-state index contributed by atoms with van der Waals surface area (Å²) in [5.41, 5.74) is 1.00. The zero-order chi connectivity index (χ0) is 11.4. The maximum Gasteiger partial charge on any atom is 0.120 e. The normalized spacial score (nSPS) is 25.6. The fourth-order valence-corrected chi connectivity index (χ4v) is 2.40. The second kappa shape index (κ2) is 5.32. The largest absolute Gasteiger partial charge is 0.508 e. The molecule has 2 N–H and O–H groups in total. The van der Waals surface area contributed by atoms with Crippen LogP contribution >= 0.6 is 0 Å². The molecule has 0 bridgehead atoms. The molecule has 16 heavy (non-hydrogen) atoms. The van der Waals surface area contributed by atoms with Gasteiger partial charge >= 0.3 is 0 Å². The molecule has 0 radical (unpaired) electrons. The zero-order valence-corrected chi connectivity index (χ0v) is 9.65. The van der Waals surface area contributed by atoms with E-state index in [0.717, 1.165) is 31.6 Å². The van der Waals surface area contributed by atoms with Gasteiger partial charge in [-0.25, -0.2) is 0 Å². The third-order valence-corrected chi connectivity index (χ3v) is 3.23. The van der Waals surface area contributed by atoms with Gasteiger partial charge in [0, 0.05) is 25.3 Å². The van der Waals surface area contributed by atoms with E-state index in [1.165, 1.54) is 0 Å². The van der Waals surface area contributed by atoms with Crippen LogP contribution in [0.2, 0.25) is 0 Å². The predicted molar refractivity (Wildman–Crippen MR) is 63.5 cm³/mol. The number of nitrogens with one attached hydrogen (secondary N) is 1. The molecule has 0 amide bonds. The highest BCUT2D eigenvalue weighted by Gasteiger charge is 2.24. The number of aromatic hydroxyl groups is 1. The van der Waals surface area contributed by atoms with Crippen molar-refractivity contribution in [2.75, 3.05) is 20.3 Å². The SMILES string of the molecule is COCC1CCNC(c2ccccc2O)C1. The van der Waals surface area contributed by atoms with E-state index in [0.29, 0.717) is 11.7 Å². The monoisotopic (exact) mass is 221 g/mol. The summed E-state index contributed by atoms with van der Waals surface area (Å²) >= 11 is 0. The minimum absolute atomic E-state index is 0.259. The van der Waals surface area contributed by atoms with E-state index < -0.39 is 0 Å². The Kier molecular flexibility index (Phi) is 3.80. The summed E-state index contributed by atoms with van der Waals surface area (Å²) in [4.78, 5) is 0. The number of phenols is 1. The van der Waals surface area contributed by atoms with Gasteiger partial charge in [0.05, 0.1) is 0 Å². The molecule has 1 saturated heterocycles. The second-order valence-electron chi connectivity index (χ2n) is 4.41. The predicted octanol–water partition coefficient (Wildman–Crippen LogP) is 2.08. The van der Waals surface area contributed by atoms with E-state index in [4.69, 9.17) is 4.74 Å². The summed E-state index contributed by atoms with van der Waals surface area (Å²) < 4.78 is 5.21. The van der Waals surface area contributed by atoms with Gasteiger partial charge in [-0.05, 0) is 31.4 Å². The van der Waals surface area contributed by atoms with Crippen LogP contribution < -0.4 is 5.32 Å². The van der Waals surface area contributed by atoms with E-state index in [-0.39, 0.29) is 6.04 Å². The summed E-state index contributed by atoms with van der Waals surface area (Å²) in [6.07, 6.45) is 2.18. The summed E-state index contributed by atoms with van der Waals surface area (Å²) in [6.45, 7) is 1.80. The first-order valence-corrected chi connectivity index (χ1v) is 5.81. The van der Waals surface area contributed by atoms with Crippen molar-refractivity contribution in [1.29, 1.82) is 0 Å². The lowest BCUT2D eigenvalue weighted by molar-refractivity contribution is 0.123. The lowest BCUT2D eigenvalue weighted by Gasteiger charge is -2.30. The van der Waals surface area contributed by atoms with Gasteiger partial charge in [-0.3, -0.25) is 0 Å². The van der Waals surface area contributed by atoms with Crippen LogP contribution in [0, 0.1) is 5.92 Å². The van der Waals surface area contributed by atoms with Crippen LogP contribution in [0.4, 0.5) is 0 Å². The van der Waals surface area contributed by atoms with Crippen molar-refractivity contribution in [1.82, 2.24) is 5.32 Å². The molecule has 1 aromatic rings. The Hall–Kier alpha value is -1.06. The molecule has 1 fully saturated rings. The number of benzene rings is 1. The van der Waals surface area contributed by atoms with Crippen LogP contribution in [-0.4, -0.2) is 25.4 Å². The molecule has 1 aliphatic heterocycles. The number of ether oxygens (including phenoxy) is 1. The Balaban J connectivity index is 2.07. The molecular formula is C13H19NO2. The Morgan fingerprint density at radius 3 is 3.00 bits per heavy atom. The van der Waals surface area contributed by atoms with Crippen molar-refractivity contribution >= 4 is 0 Å². The van der Waals surface area contributed by atoms with Crippen LogP contribution in [0.1, 0.15) is 24.4 Å². The maximum atomic E-state index is 9.81. The number of phenolic OH excluding ortho intramolecular Hbond substituents is 1. The van der Waals surface area contributed by atoms with E-state index in [1.54, 1.807) is 13.2 Å². The van der Waals surface area contributed by atoms with Crippen molar-refractivity contribution in [3.8, 4) is 5.75 Å². The summed E-state index contributed by atoms with van der Waals surface area (Å²) in [7, 11) is 1.75. The highest BCUT2D eigenvalue weighted by atomic mass is 16.5. The van der Waals surface area contributed by atoms with Crippen molar-refractivity contribution in [3.63, 3.8) is 0 Å². The smallest absolute Gasteiger partial charge is 0.120 e. The van der Waals surface area contributed by atoms with Crippen LogP contribution in [-0.2, 0) is 4.74 Å². The minimum atomic E-state index is 0.259. The first-order chi connectivity index (χ1) is 7.81. The Morgan fingerprint density at radius 2 is 2.25 bits per heavy atom. The fraction of sp³-hybridized carbons (Fsp3) is 0.538. The maximum absolute atomic E-state index is 9.81. The first-order valence-electron chi connectivity index (χ1n) is 5.81. The molecule has 3 heteroatoms. The Labute approximate surface area is 96.4 Å². The van der Waals surface area contributed by atoms with E-state index in [9.17, 15) is 5.11 Å². The van der Waals surface area contributed by atoms with Crippen molar-refractivity contribution in [2.45, 2.75) is 18.9 Å². The van der Waals surface area contributed by atoms with E-state index in [1.807, 2.05) is 18.2 Å². The number of hydrogen-bond donors (Lipinski definition) is 2. The molecule has 88 valence electrons. The lowest BCUT2D eigenvalue weighted by atomic mass is 9.89. The van der Waals surface area contributed by atoms with Crippen molar-refractivity contribution in [2.24, 2.45) is 5.92 Å². The number of para-hydroxylation sites is 1. The third kappa shape index (κ3) is 2.54. The molecule has 0 aromatic heterocycles. The molecule has 0 saturated carbocycles. The van der Waals surface area contributed by atoms with Crippen LogP contribution in [0.15, 0.2) is 24.3 Å². The summed E-state index contributed by atoms with van der Waals surface area (Å²) in [6, 6.07) is 7.82. The highest BCUT2D eigenvalue weighted by Crippen LogP contribution is 2.32. The quantitative estimate of drug-likeness (QED) is 0.821. The molecule has 0 aliphatic carbocycles. The van der Waals surface area contributed by atoms with Gasteiger partial charge < -0.3 is 15.2 Å². The number of rotatable bonds is 3. The molecule has 0 spiro atoms. The molecule has 1 aromatic carbocycles. The lowest BCUT2D eigenvalue weighted by Crippen LogP contribution is -2.33. The van der Waals surface area contributed by atoms with Gasteiger partial charge in [-0.1, -0.05) is 18.2 Å². The van der Waals surface area contributed by atoms with E-state index >= 15 is 0 Å². The number of hydrogen-bond acceptors (Lipinski definition) is 3. The molecule has 2 rings (SSSR count). The minimum Gasteiger partial charge on any atom is -0.508 e. The van der Waals surface area contributed by atoms with Gasteiger partial charge in [0.1, 0.15) is 5.75 Å². The standard InChI is InChI=1S/C13H19NO2/c1-16-9-10-6-7-14-12(8-10)11-4-2-3-5-13(11)15/h2-5,10,12,14-15H,6-9H2,1H3. The van der Waals surface area contributed by atoms with Crippen LogP contribution in [0.25, 0.3) is 0 Å². The average molecular weight is 221 g/mol. The molecular weight excluding hydrogens is 202 g/mol. The van der Waals surface area contributed by atoms with Gasteiger partial charge in [0.25, 0.3) is 0 Å². The number of methoxy groups -OCH3 is 1. The molecule has 1 heterocycles. The second-order valence-corrected chi connectivity index (χ2v) is 4.41. The first kappa shape index (κ1) is 11.4. The third-order valence-electron chi connectivity index (χ3n) is 3.23. The molecule has 2 unspecified atom stereocenters. The Morgan fingerprint density at radius 1 is 1.44 bits per heavy atom. The van der Waals surface area contributed by atoms with Gasteiger partial charge in [-0.2, -0.15) is 0 Å². The molecule has 1 aliphatic rings. The fourth-order valence-electron chi connectivity index (χ4n) is 2.40. The zero-order valence-electron chi connectivity index (χ0n) is 9.65. The Bertz CT molecular complexity index is 338. The van der Waals surface area contributed by atoms with Gasteiger partial charge in [-0.15, -0.1) is 0 Å². The van der Waals surface area contributed by atoms with Crippen LogP contribution in [0.5, 0.6) is 5.75 Å². The molecule has 2 atom stereocenters. The van der Waals surface area contributed by atoms with E-state index in [2.05, 4.69) is 5.32 Å². The average Bonchev–Trinajstić information content (AvgIpc) is 2.30.